The zero-order valence-electron chi connectivity index (χ0n) is 19.3. The maximum absolute atomic E-state index is 13.3. The fourth-order valence-electron chi connectivity index (χ4n) is 3.53. The van der Waals surface area contributed by atoms with Crippen molar-refractivity contribution in [3.8, 4) is 17.2 Å². The fourth-order valence-corrected chi connectivity index (χ4v) is 3.53. The maximum Gasteiger partial charge on any atom is 0.258 e. The first-order valence-corrected chi connectivity index (χ1v) is 10.5. The summed E-state index contributed by atoms with van der Waals surface area (Å²) >= 11 is 0. The number of benzene rings is 3. The molecule has 0 spiro atoms. The van der Waals surface area contributed by atoms with Crippen LogP contribution in [-0.4, -0.2) is 46.7 Å². The average molecular weight is 449 g/mol. The second kappa shape index (κ2) is 11.0. The van der Waals surface area contributed by atoms with Gasteiger partial charge in [-0.15, -0.1) is 0 Å². The van der Waals surface area contributed by atoms with E-state index in [-0.39, 0.29) is 11.8 Å². The number of para-hydroxylation sites is 1. The van der Waals surface area contributed by atoms with Gasteiger partial charge in [0.1, 0.15) is 0 Å². The van der Waals surface area contributed by atoms with Gasteiger partial charge in [0.05, 0.1) is 32.6 Å². The molecule has 0 fully saturated rings. The van der Waals surface area contributed by atoms with E-state index < -0.39 is 0 Å². The number of methoxy groups -OCH3 is 3. The van der Waals surface area contributed by atoms with Gasteiger partial charge in [0.15, 0.2) is 11.5 Å². The van der Waals surface area contributed by atoms with E-state index in [4.69, 9.17) is 14.2 Å². The van der Waals surface area contributed by atoms with Gasteiger partial charge in [-0.25, -0.2) is 0 Å². The molecule has 0 saturated carbocycles. The molecule has 0 aliphatic carbocycles. The van der Waals surface area contributed by atoms with Crippen LogP contribution in [0.4, 0.5) is 5.69 Å². The zero-order valence-corrected chi connectivity index (χ0v) is 19.3. The number of ether oxygens (including phenoxy) is 3. The normalized spacial score (nSPS) is 10.3. The predicted octanol–water partition coefficient (Wildman–Crippen LogP) is 3.96. The molecule has 0 aliphatic heterocycles. The number of nitrogens with zero attached hydrogens (tertiary/aromatic N) is 1. The summed E-state index contributed by atoms with van der Waals surface area (Å²) in [5.74, 6) is 0.586. The maximum atomic E-state index is 13.3. The topological polar surface area (TPSA) is 77.1 Å². The SMILES string of the molecule is COc1cc(C(=O)N(C)c2ccccc2C(=O)NCCc2ccccc2)cc(OC)c1OC. The highest BCUT2D eigenvalue weighted by Crippen LogP contribution is 2.38. The number of nitrogens with one attached hydrogen (secondary N) is 1. The van der Waals surface area contributed by atoms with Gasteiger partial charge in [0.25, 0.3) is 11.8 Å². The van der Waals surface area contributed by atoms with Crippen LogP contribution in [0.15, 0.2) is 66.7 Å². The summed E-state index contributed by atoms with van der Waals surface area (Å²) in [5, 5.41) is 2.94. The first-order valence-electron chi connectivity index (χ1n) is 10.5. The molecule has 172 valence electrons. The average Bonchev–Trinajstić information content (AvgIpc) is 2.87. The molecule has 0 atom stereocenters. The van der Waals surface area contributed by atoms with E-state index in [0.717, 1.165) is 12.0 Å². The smallest absolute Gasteiger partial charge is 0.258 e. The summed E-state index contributed by atoms with van der Waals surface area (Å²) < 4.78 is 16.0. The Labute approximate surface area is 193 Å². The molecule has 0 saturated heterocycles. The third-order valence-electron chi connectivity index (χ3n) is 5.27. The Morgan fingerprint density at radius 2 is 1.45 bits per heavy atom. The van der Waals surface area contributed by atoms with Crippen LogP contribution in [0.5, 0.6) is 17.2 Å². The summed E-state index contributed by atoms with van der Waals surface area (Å²) in [5.41, 5.74) is 2.38. The minimum Gasteiger partial charge on any atom is -0.493 e. The minimum atomic E-state index is -0.321. The van der Waals surface area contributed by atoms with E-state index in [9.17, 15) is 9.59 Å². The van der Waals surface area contributed by atoms with Gasteiger partial charge >= 0.3 is 0 Å². The standard InChI is InChI=1S/C26H28N2O5/c1-28(26(30)19-16-22(31-2)24(33-4)23(17-19)32-3)21-13-9-8-12-20(21)25(29)27-15-14-18-10-6-5-7-11-18/h5-13,16-17H,14-15H2,1-4H3,(H,27,29). The summed E-state index contributed by atoms with van der Waals surface area (Å²) in [6, 6.07) is 20.1. The summed E-state index contributed by atoms with van der Waals surface area (Å²) in [6.45, 7) is 0.488. The first kappa shape index (κ1) is 23.7. The van der Waals surface area contributed by atoms with Gasteiger partial charge in [-0.05, 0) is 36.2 Å². The molecule has 2 amide bonds. The Morgan fingerprint density at radius 3 is 2.06 bits per heavy atom. The number of hydrogen-bond donors (Lipinski definition) is 1. The highest BCUT2D eigenvalue weighted by atomic mass is 16.5. The monoisotopic (exact) mass is 448 g/mol. The van der Waals surface area contributed by atoms with Crippen LogP contribution >= 0.6 is 0 Å². The minimum absolute atomic E-state index is 0.244. The predicted molar refractivity (Wildman–Crippen MR) is 128 cm³/mol. The molecule has 3 rings (SSSR count). The third-order valence-corrected chi connectivity index (χ3v) is 5.27. The lowest BCUT2D eigenvalue weighted by molar-refractivity contribution is 0.0954. The van der Waals surface area contributed by atoms with Crippen LogP contribution in [0, 0.1) is 0 Å². The molecular formula is C26H28N2O5. The number of rotatable bonds is 9. The molecule has 0 unspecified atom stereocenters. The van der Waals surface area contributed by atoms with Crippen LogP contribution in [-0.2, 0) is 6.42 Å². The van der Waals surface area contributed by atoms with Gasteiger partial charge in [-0.1, -0.05) is 42.5 Å². The molecule has 7 heteroatoms. The molecule has 3 aromatic carbocycles. The van der Waals surface area contributed by atoms with Crippen molar-refractivity contribution in [2.75, 3.05) is 39.8 Å². The van der Waals surface area contributed by atoms with Crippen molar-refractivity contribution < 1.29 is 23.8 Å². The second-order valence-electron chi connectivity index (χ2n) is 7.29. The van der Waals surface area contributed by atoms with Crippen molar-refractivity contribution in [2.45, 2.75) is 6.42 Å². The van der Waals surface area contributed by atoms with Crippen molar-refractivity contribution >= 4 is 17.5 Å². The highest BCUT2D eigenvalue weighted by molar-refractivity contribution is 6.10. The zero-order chi connectivity index (χ0) is 23.8. The van der Waals surface area contributed by atoms with Crippen LogP contribution in [0.25, 0.3) is 0 Å². The van der Waals surface area contributed by atoms with Gasteiger partial charge in [0.2, 0.25) is 5.75 Å². The first-order chi connectivity index (χ1) is 16.0. The van der Waals surface area contributed by atoms with E-state index in [1.165, 1.54) is 26.2 Å². The van der Waals surface area contributed by atoms with Gasteiger partial charge in [-0.3, -0.25) is 9.59 Å². The Kier molecular flexibility index (Phi) is 7.91. The quantitative estimate of drug-likeness (QED) is 0.536. The van der Waals surface area contributed by atoms with E-state index in [1.54, 1.807) is 43.4 Å². The van der Waals surface area contributed by atoms with Crippen LogP contribution in [0.3, 0.4) is 0 Å². The number of carbonyl (C=O) groups is 2. The van der Waals surface area contributed by atoms with Crippen molar-refractivity contribution in [3.05, 3.63) is 83.4 Å². The fraction of sp³-hybridized carbons (Fsp3) is 0.231. The number of carbonyl (C=O) groups excluding carboxylic acids is 2. The van der Waals surface area contributed by atoms with E-state index in [2.05, 4.69) is 5.32 Å². The lowest BCUT2D eigenvalue weighted by Crippen LogP contribution is -2.31. The highest BCUT2D eigenvalue weighted by Gasteiger charge is 2.23. The third kappa shape index (κ3) is 5.44. The summed E-state index contributed by atoms with van der Waals surface area (Å²) in [6.07, 6.45) is 0.717. The second-order valence-corrected chi connectivity index (χ2v) is 7.29. The van der Waals surface area contributed by atoms with Gasteiger partial charge in [-0.2, -0.15) is 0 Å². The van der Waals surface area contributed by atoms with E-state index in [1.807, 2.05) is 30.3 Å². The largest absolute Gasteiger partial charge is 0.493 e. The number of amides is 2. The van der Waals surface area contributed by atoms with Crippen molar-refractivity contribution in [1.82, 2.24) is 5.32 Å². The lowest BCUT2D eigenvalue weighted by atomic mass is 10.1. The Bertz CT molecular complexity index is 1090. The Morgan fingerprint density at radius 1 is 0.848 bits per heavy atom. The van der Waals surface area contributed by atoms with E-state index >= 15 is 0 Å². The molecule has 0 heterocycles. The summed E-state index contributed by atoms with van der Waals surface area (Å²) in [7, 11) is 6.11. The Balaban J connectivity index is 1.81. The van der Waals surface area contributed by atoms with Crippen molar-refractivity contribution in [2.24, 2.45) is 0 Å². The van der Waals surface area contributed by atoms with Gasteiger partial charge < -0.3 is 24.4 Å². The van der Waals surface area contributed by atoms with E-state index in [0.29, 0.717) is 40.6 Å². The molecule has 3 aromatic rings. The van der Waals surface area contributed by atoms with Crippen molar-refractivity contribution in [1.29, 1.82) is 0 Å². The van der Waals surface area contributed by atoms with Crippen LogP contribution < -0.4 is 24.4 Å². The molecule has 0 radical (unpaired) electrons. The molecule has 1 N–H and O–H groups in total. The molecule has 0 aromatic heterocycles. The van der Waals surface area contributed by atoms with Crippen LogP contribution in [0.1, 0.15) is 26.3 Å². The molecule has 7 nitrogen and oxygen atoms in total. The lowest BCUT2D eigenvalue weighted by Gasteiger charge is -2.22. The van der Waals surface area contributed by atoms with Crippen LogP contribution in [0.2, 0.25) is 0 Å². The molecular weight excluding hydrogens is 420 g/mol. The number of anilines is 1. The summed E-state index contributed by atoms with van der Waals surface area (Å²) in [4.78, 5) is 27.6. The molecule has 0 bridgehead atoms. The number of hydrogen-bond acceptors (Lipinski definition) is 5. The molecule has 33 heavy (non-hydrogen) atoms. The Hall–Kier alpha value is -4.00. The van der Waals surface area contributed by atoms with Crippen molar-refractivity contribution in [3.63, 3.8) is 0 Å². The molecule has 0 aliphatic rings. The van der Waals surface area contributed by atoms with Gasteiger partial charge in [0, 0.05) is 19.2 Å².